The minimum atomic E-state index is -5.26. The first-order valence-electron chi connectivity index (χ1n) is 5.94. The van der Waals surface area contributed by atoms with Crippen molar-refractivity contribution in [3.8, 4) is 11.5 Å². The third-order valence-corrected chi connectivity index (χ3v) is 3.01. The number of hydrogen-bond acceptors (Lipinski definition) is 3. The Labute approximate surface area is 124 Å². The fourth-order valence-corrected chi connectivity index (χ4v) is 2.01. The molecule has 4 nitrogen and oxygen atoms in total. The lowest BCUT2D eigenvalue weighted by Crippen LogP contribution is -2.56. The van der Waals surface area contributed by atoms with E-state index in [2.05, 4.69) is 9.47 Å². The van der Waals surface area contributed by atoms with Crippen molar-refractivity contribution in [2.45, 2.75) is 25.1 Å². The molecule has 0 aromatic heterocycles. The number of ether oxygens (including phenoxy) is 2. The molecule has 0 spiro atoms. The lowest BCUT2D eigenvalue weighted by molar-refractivity contribution is -0.274. The van der Waals surface area contributed by atoms with Crippen LogP contribution in [0.25, 0.3) is 6.08 Å². The van der Waals surface area contributed by atoms with E-state index in [1.807, 2.05) is 0 Å². The number of carboxylic acids is 1. The molecule has 1 N–H and O–H groups in total. The number of carbonyl (C=O) groups is 1. The van der Waals surface area contributed by atoms with Crippen LogP contribution >= 0.6 is 0 Å². The number of fused-ring (bicyclic) bond motifs is 1. The number of aliphatic carboxylic acids is 1. The number of benzene rings is 1. The second-order valence-electron chi connectivity index (χ2n) is 4.68. The van der Waals surface area contributed by atoms with E-state index in [9.17, 15) is 31.1 Å². The van der Waals surface area contributed by atoms with Gasteiger partial charge in [0.2, 0.25) is 0 Å². The van der Waals surface area contributed by atoms with Gasteiger partial charge in [-0.05, 0) is 30.7 Å². The predicted molar refractivity (Wildman–Crippen MR) is 63.9 cm³/mol. The first-order valence-corrected chi connectivity index (χ1v) is 5.94. The van der Waals surface area contributed by atoms with Gasteiger partial charge in [-0.3, -0.25) is 0 Å². The molecule has 0 aliphatic carbocycles. The van der Waals surface area contributed by atoms with Gasteiger partial charge in [0.15, 0.2) is 0 Å². The van der Waals surface area contributed by atoms with Crippen LogP contribution in [0.4, 0.5) is 26.3 Å². The van der Waals surface area contributed by atoms with Crippen molar-refractivity contribution in [1.82, 2.24) is 0 Å². The summed E-state index contributed by atoms with van der Waals surface area (Å²) in [5.41, 5.74) is -3.90. The molecule has 23 heavy (non-hydrogen) atoms. The van der Waals surface area contributed by atoms with Gasteiger partial charge in [-0.25, -0.2) is 4.79 Å². The second-order valence-corrected chi connectivity index (χ2v) is 4.68. The minimum absolute atomic E-state index is 0.138. The van der Waals surface area contributed by atoms with Crippen molar-refractivity contribution in [3.05, 3.63) is 29.3 Å². The Balaban J connectivity index is 2.50. The zero-order chi connectivity index (χ0) is 17.6. The third kappa shape index (κ3) is 3.06. The largest absolute Gasteiger partial charge is 0.573 e. The summed E-state index contributed by atoms with van der Waals surface area (Å²) in [5, 5.41) is 8.88. The molecule has 0 amide bonds. The lowest BCUT2D eigenvalue weighted by Gasteiger charge is -2.33. The monoisotopic (exact) mass is 342 g/mol. The summed E-state index contributed by atoms with van der Waals surface area (Å²) in [5.74, 6) is -3.43. The van der Waals surface area contributed by atoms with E-state index in [0.717, 1.165) is 18.2 Å². The first-order chi connectivity index (χ1) is 10.4. The highest BCUT2D eigenvalue weighted by atomic mass is 19.4. The highest BCUT2D eigenvalue weighted by Gasteiger charge is 2.63. The van der Waals surface area contributed by atoms with Crippen molar-refractivity contribution in [2.24, 2.45) is 0 Å². The maximum Gasteiger partial charge on any atom is 0.573 e. The van der Waals surface area contributed by atoms with Crippen LogP contribution in [0.2, 0.25) is 0 Å². The molecule has 1 heterocycles. The molecular formula is C13H8F6O4. The normalized spacial score (nSPS) is 20.7. The topological polar surface area (TPSA) is 55.8 Å². The Morgan fingerprint density at radius 2 is 1.83 bits per heavy atom. The molecule has 10 heteroatoms. The maximum absolute atomic E-state index is 13.0. The molecule has 126 valence electrons. The summed E-state index contributed by atoms with van der Waals surface area (Å²) in [6.07, 6.45) is -9.28. The van der Waals surface area contributed by atoms with Crippen LogP contribution in [-0.2, 0) is 4.79 Å². The lowest BCUT2D eigenvalue weighted by atomic mass is 9.96. The minimum Gasteiger partial charge on any atom is -0.478 e. The van der Waals surface area contributed by atoms with Crippen LogP contribution in [0.15, 0.2) is 18.2 Å². The van der Waals surface area contributed by atoms with Gasteiger partial charge in [0.1, 0.15) is 11.5 Å². The van der Waals surface area contributed by atoms with Crippen molar-refractivity contribution in [1.29, 1.82) is 0 Å². The van der Waals surface area contributed by atoms with Gasteiger partial charge in [0.25, 0.3) is 0 Å². The number of alkyl halides is 6. The zero-order valence-corrected chi connectivity index (χ0v) is 11.2. The highest BCUT2D eigenvalue weighted by molar-refractivity contribution is 5.85. The Kier molecular flexibility index (Phi) is 3.74. The predicted octanol–water partition coefficient (Wildman–Crippen LogP) is 3.68. The Morgan fingerprint density at radius 1 is 1.22 bits per heavy atom. The number of hydrogen-bond donors (Lipinski definition) is 1. The molecule has 0 saturated carbocycles. The van der Waals surface area contributed by atoms with E-state index in [4.69, 9.17) is 5.11 Å². The van der Waals surface area contributed by atoms with Crippen LogP contribution in [0.3, 0.4) is 0 Å². The summed E-state index contributed by atoms with van der Waals surface area (Å²) in [6, 6.07) is 1.60. The van der Waals surface area contributed by atoms with E-state index in [1.165, 1.54) is 6.92 Å². The first kappa shape index (κ1) is 17.0. The van der Waals surface area contributed by atoms with E-state index in [0.29, 0.717) is 0 Å². The van der Waals surface area contributed by atoms with Crippen molar-refractivity contribution in [3.63, 3.8) is 0 Å². The fourth-order valence-electron chi connectivity index (χ4n) is 2.01. The quantitative estimate of drug-likeness (QED) is 0.833. The van der Waals surface area contributed by atoms with Gasteiger partial charge < -0.3 is 14.6 Å². The average Bonchev–Trinajstić information content (AvgIpc) is 2.34. The number of aryl methyl sites for hydroxylation is 1. The maximum atomic E-state index is 13.0. The van der Waals surface area contributed by atoms with E-state index in [1.54, 1.807) is 0 Å². The van der Waals surface area contributed by atoms with Crippen LogP contribution in [0, 0.1) is 6.92 Å². The van der Waals surface area contributed by atoms with Crippen molar-refractivity contribution >= 4 is 12.0 Å². The smallest absolute Gasteiger partial charge is 0.478 e. The summed E-state index contributed by atoms with van der Waals surface area (Å²) in [4.78, 5) is 11.0. The van der Waals surface area contributed by atoms with Gasteiger partial charge in [-0.1, -0.05) is 6.08 Å². The SMILES string of the molecule is Cc1cc(OC(F)(F)F)cc2c1OC(C(=O)O)(C(F)(F)F)C=C2. The molecule has 1 aliphatic rings. The number of carboxylic acid groups (broad SMARTS) is 1. The summed E-state index contributed by atoms with van der Waals surface area (Å²) in [7, 11) is 0. The standard InChI is InChI=1S/C13H8F6O4/c1-6-4-8(22-13(17,18)19)5-7-2-3-11(10(20)21,12(14,15)16)23-9(6)7/h2-5H,1H3,(H,20,21). The second kappa shape index (κ2) is 5.07. The summed E-state index contributed by atoms with van der Waals surface area (Å²) < 4.78 is 84.0. The van der Waals surface area contributed by atoms with Gasteiger partial charge >= 0.3 is 24.1 Å². The molecule has 1 aromatic carbocycles. The molecular weight excluding hydrogens is 334 g/mol. The van der Waals surface area contributed by atoms with Crippen molar-refractivity contribution < 1.29 is 45.7 Å². The number of rotatable bonds is 2. The fraction of sp³-hybridized carbons (Fsp3) is 0.308. The zero-order valence-electron chi connectivity index (χ0n) is 11.2. The molecule has 0 fully saturated rings. The molecule has 1 aromatic rings. The average molecular weight is 342 g/mol. The van der Waals surface area contributed by atoms with Gasteiger partial charge in [-0.2, -0.15) is 13.2 Å². The third-order valence-electron chi connectivity index (χ3n) is 3.01. The Bertz CT molecular complexity index is 676. The molecule has 1 unspecified atom stereocenters. The Hall–Kier alpha value is -2.39. The summed E-state index contributed by atoms with van der Waals surface area (Å²) >= 11 is 0. The molecule has 0 saturated heterocycles. The van der Waals surface area contributed by atoms with E-state index in [-0.39, 0.29) is 17.2 Å². The highest BCUT2D eigenvalue weighted by Crippen LogP contribution is 2.44. The molecule has 1 atom stereocenters. The molecule has 2 rings (SSSR count). The van der Waals surface area contributed by atoms with Crippen LogP contribution in [0.1, 0.15) is 11.1 Å². The van der Waals surface area contributed by atoms with Gasteiger partial charge in [-0.15, -0.1) is 13.2 Å². The molecule has 1 aliphatic heterocycles. The van der Waals surface area contributed by atoms with Gasteiger partial charge in [0.05, 0.1) is 0 Å². The molecule has 0 bridgehead atoms. The van der Waals surface area contributed by atoms with Crippen molar-refractivity contribution in [2.75, 3.05) is 0 Å². The van der Waals surface area contributed by atoms with Crippen LogP contribution < -0.4 is 9.47 Å². The number of halogens is 6. The van der Waals surface area contributed by atoms with Crippen LogP contribution in [0.5, 0.6) is 11.5 Å². The van der Waals surface area contributed by atoms with E-state index < -0.39 is 35.6 Å². The van der Waals surface area contributed by atoms with Crippen LogP contribution in [-0.4, -0.2) is 29.2 Å². The Morgan fingerprint density at radius 3 is 2.30 bits per heavy atom. The van der Waals surface area contributed by atoms with Gasteiger partial charge in [0, 0.05) is 5.56 Å². The van der Waals surface area contributed by atoms with E-state index >= 15 is 0 Å². The summed E-state index contributed by atoms with van der Waals surface area (Å²) in [6.45, 7) is 1.17. The molecule has 0 radical (unpaired) electrons.